The molecule has 132 valence electrons. The number of nitrogens with zero attached hydrogens (tertiary/aromatic N) is 2. The van der Waals surface area contributed by atoms with Crippen LogP contribution in [0, 0.1) is 11.8 Å². The third-order valence-corrected chi connectivity index (χ3v) is 5.99. The van der Waals surface area contributed by atoms with Crippen LogP contribution in [-0.4, -0.2) is 41.2 Å². The van der Waals surface area contributed by atoms with Gasteiger partial charge in [0.15, 0.2) is 0 Å². The van der Waals surface area contributed by atoms with Crippen LogP contribution in [0.4, 0.5) is 0 Å². The van der Waals surface area contributed by atoms with Gasteiger partial charge < -0.3 is 14.6 Å². The molecule has 1 aliphatic carbocycles. The molecule has 3 heterocycles. The second-order valence-corrected chi connectivity index (χ2v) is 7.33. The lowest BCUT2D eigenvalue weighted by molar-refractivity contribution is -0.124. The Kier molecular flexibility index (Phi) is 3.29. The molecule has 0 bridgehead atoms. The van der Waals surface area contributed by atoms with Gasteiger partial charge in [-0.1, -0.05) is 30.3 Å². The maximum atomic E-state index is 12.9. The number of carbonyl (C=O) groups is 2. The third kappa shape index (κ3) is 2.14. The molecule has 2 aromatic rings. The Hall–Kier alpha value is -2.89. The van der Waals surface area contributed by atoms with E-state index in [9.17, 15) is 9.59 Å². The van der Waals surface area contributed by atoms with E-state index in [1.807, 2.05) is 35.2 Å². The monoisotopic (exact) mass is 349 g/mol. The Morgan fingerprint density at radius 2 is 2.08 bits per heavy atom. The summed E-state index contributed by atoms with van der Waals surface area (Å²) in [4.78, 5) is 32.2. The van der Waals surface area contributed by atoms with Gasteiger partial charge in [0.25, 0.3) is 11.8 Å². The minimum absolute atomic E-state index is 0.0264. The lowest BCUT2D eigenvalue weighted by Gasteiger charge is -2.25. The summed E-state index contributed by atoms with van der Waals surface area (Å²) in [5.74, 6) is 0.973. The van der Waals surface area contributed by atoms with Crippen molar-refractivity contribution in [3.05, 3.63) is 60.1 Å². The lowest BCUT2D eigenvalue weighted by Crippen LogP contribution is -2.45. The van der Waals surface area contributed by atoms with Crippen molar-refractivity contribution in [2.24, 2.45) is 16.8 Å². The lowest BCUT2D eigenvalue weighted by atomic mass is 9.85. The molecule has 5 rings (SSSR count). The zero-order valence-corrected chi connectivity index (χ0v) is 14.2. The number of furan rings is 1. The van der Waals surface area contributed by atoms with Crippen LogP contribution in [0.2, 0.25) is 0 Å². The highest BCUT2D eigenvalue weighted by atomic mass is 16.3. The van der Waals surface area contributed by atoms with Gasteiger partial charge in [0.1, 0.15) is 17.6 Å². The van der Waals surface area contributed by atoms with Crippen molar-refractivity contribution < 1.29 is 14.0 Å². The number of rotatable bonds is 2. The van der Waals surface area contributed by atoms with Crippen molar-refractivity contribution in [2.75, 3.05) is 13.1 Å². The number of carbonyl (C=O) groups excluding carboxylic acids is 2. The minimum Gasteiger partial charge on any atom is -0.472 e. The standard InChI is InChI=1S/C20H19N3O3/c24-18(15-7-9-26-12-15)23-10-14-6-8-20(16(14)11-23)19(25)21-17(22-20)13-4-2-1-3-5-13/h1-5,7,9,12,14,16H,6,8,10-11H2,(H,21,22,25)/t14-,16+,20-/m0/s1. The van der Waals surface area contributed by atoms with Gasteiger partial charge in [-0.15, -0.1) is 0 Å². The summed E-state index contributed by atoms with van der Waals surface area (Å²) >= 11 is 0. The predicted molar refractivity (Wildman–Crippen MR) is 94.7 cm³/mol. The van der Waals surface area contributed by atoms with Crippen molar-refractivity contribution in [1.29, 1.82) is 0 Å². The number of benzene rings is 1. The topological polar surface area (TPSA) is 74.9 Å². The quantitative estimate of drug-likeness (QED) is 0.902. The Morgan fingerprint density at radius 1 is 1.23 bits per heavy atom. The molecule has 0 radical (unpaired) electrons. The number of hydrogen-bond acceptors (Lipinski definition) is 4. The number of hydrogen-bond donors (Lipinski definition) is 1. The van der Waals surface area contributed by atoms with E-state index in [4.69, 9.17) is 9.41 Å². The Balaban J connectivity index is 1.43. The SMILES string of the molecule is O=C(c1ccoc1)N1C[C@@H]2CC[C@]3(N=C(c4ccccc4)NC3=O)[C@@H]2C1. The normalized spacial score (nSPS) is 29.8. The molecule has 6 nitrogen and oxygen atoms in total. The highest BCUT2D eigenvalue weighted by Gasteiger charge is 2.59. The fourth-order valence-electron chi connectivity index (χ4n) is 4.68. The van der Waals surface area contributed by atoms with E-state index in [0.29, 0.717) is 30.4 Å². The van der Waals surface area contributed by atoms with Crippen molar-refractivity contribution >= 4 is 17.6 Å². The number of amides is 2. The molecule has 1 aromatic carbocycles. The predicted octanol–water partition coefficient (Wildman–Crippen LogP) is 2.08. The Bertz CT molecular complexity index is 890. The third-order valence-electron chi connectivity index (χ3n) is 5.99. The highest BCUT2D eigenvalue weighted by Crippen LogP contribution is 2.49. The van der Waals surface area contributed by atoms with E-state index >= 15 is 0 Å². The van der Waals surface area contributed by atoms with Crippen LogP contribution in [0.25, 0.3) is 0 Å². The fourth-order valence-corrected chi connectivity index (χ4v) is 4.68. The number of fused-ring (bicyclic) bond motifs is 2. The van der Waals surface area contributed by atoms with Crippen molar-refractivity contribution in [3.8, 4) is 0 Å². The number of likely N-dealkylation sites (tertiary alicyclic amines) is 1. The average Bonchev–Trinajstić information content (AvgIpc) is 3.42. The largest absolute Gasteiger partial charge is 0.472 e. The van der Waals surface area contributed by atoms with E-state index in [1.54, 1.807) is 6.07 Å². The Morgan fingerprint density at radius 3 is 2.85 bits per heavy atom. The molecule has 6 heteroatoms. The summed E-state index contributed by atoms with van der Waals surface area (Å²) in [5, 5.41) is 2.98. The van der Waals surface area contributed by atoms with Crippen LogP contribution < -0.4 is 5.32 Å². The van der Waals surface area contributed by atoms with Gasteiger partial charge in [0.05, 0.1) is 11.8 Å². The maximum absolute atomic E-state index is 12.9. The molecule has 1 N–H and O–H groups in total. The van der Waals surface area contributed by atoms with Gasteiger partial charge in [-0.2, -0.15) is 0 Å². The second-order valence-electron chi connectivity index (χ2n) is 7.33. The minimum atomic E-state index is -0.735. The molecule has 1 spiro atoms. The first kappa shape index (κ1) is 15.4. The zero-order chi connectivity index (χ0) is 17.7. The van der Waals surface area contributed by atoms with Crippen LogP contribution in [0.15, 0.2) is 58.3 Å². The molecular formula is C20H19N3O3. The molecular weight excluding hydrogens is 330 g/mol. The summed E-state index contributed by atoms with van der Waals surface area (Å²) in [6.45, 7) is 1.24. The summed E-state index contributed by atoms with van der Waals surface area (Å²) in [6, 6.07) is 11.4. The van der Waals surface area contributed by atoms with Gasteiger partial charge >= 0.3 is 0 Å². The van der Waals surface area contributed by atoms with Gasteiger partial charge in [-0.25, -0.2) is 0 Å². The van der Waals surface area contributed by atoms with Gasteiger partial charge in [-0.05, 0) is 24.8 Å². The van der Waals surface area contributed by atoms with Crippen LogP contribution in [0.1, 0.15) is 28.8 Å². The summed E-state index contributed by atoms with van der Waals surface area (Å²) in [6.07, 6.45) is 4.64. The summed E-state index contributed by atoms with van der Waals surface area (Å²) in [5.41, 5.74) is 0.746. The molecule has 3 atom stereocenters. The van der Waals surface area contributed by atoms with E-state index < -0.39 is 5.54 Å². The first-order valence-corrected chi connectivity index (χ1v) is 8.95. The van der Waals surface area contributed by atoms with Crippen molar-refractivity contribution in [3.63, 3.8) is 0 Å². The smallest absolute Gasteiger partial charge is 0.257 e. The zero-order valence-electron chi connectivity index (χ0n) is 14.2. The van der Waals surface area contributed by atoms with E-state index in [-0.39, 0.29) is 17.7 Å². The van der Waals surface area contributed by atoms with Crippen LogP contribution in [0.3, 0.4) is 0 Å². The van der Waals surface area contributed by atoms with Crippen molar-refractivity contribution in [2.45, 2.75) is 18.4 Å². The molecule has 26 heavy (non-hydrogen) atoms. The van der Waals surface area contributed by atoms with Gasteiger partial charge in [0, 0.05) is 24.6 Å². The first-order chi connectivity index (χ1) is 12.7. The van der Waals surface area contributed by atoms with Gasteiger partial charge in [0.2, 0.25) is 0 Å². The van der Waals surface area contributed by atoms with Crippen LogP contribution in [0.5, 0.6) is 0 Å². The van der Waals surface area contributed by atoms with E-state index in [2.05, 4.69) is 5.32 Å². The molecule has 1 saturated carbocycles. The van der Waals surface area contributed by atoms with Gasteiger partial charge in [-0.3, -0.25) is 14.6 Å². The fraction of sp³-hybridized carbons (Fsp3) is 0.350. The number of aliphatic imine (C=N–C) groups is 1. The molecule has 1 saturated heterocycles. The number of amidine groups is 1. The van der Waals surface area contributed by atoms with Crippen LogP contribution >= 0.6 is 0 Å². The summed E-state index contributed by atoms with van der Waals surface area (Å²) in [7, 11) is 0. The molecule has 2 amide bonds. The van der Waals surface area contributed by atoms with Crippen LogP contribution in [-0.2, 0) is 4.79 Å². The maximum Gasteiger partial charge on any atom is 0.257 e. The second kappa shape index (κ2) is 5.56. The van der Waals surface area contributed by atoms with E-state index in [1.165, 1.54) is 12.5 Å². The average molecular weight is 349 g/mol. The molecule has 2 aliphatic heterocycles. The molecule has 0 unspecified atom stereocenters. The number of nitrogens with one attached hydrogen (secondary N) is 1. The molecule has 1 aromatic heterocycles. The van der Waals surface area contributed by atoms with Crippen molar-refractivity contribution in [1.82, 2.24) is 10.2 Å². The summed E-state index contributed by atoms with van der Waals surface area (Å²) < 4.78 is 5.03. The highest BCUT2D eigenvalue weighted by molar-refractivity contribution is 6.15. The van der Waals surface area contributed by atoms with E-state index in [0.717, 1.165) is 18.4 Å². The molecule has 2 fully saturated rings. The Labute approximate surface area is 150 Å². The first-order valence-electron chi connectivity index (χ1n) is 8.95. The molecule has 3 aliphatic rings.